The lowest BCUT2D eigenvalue weighted by molar-refractivity contribution is 0.0658. The highest BCUT2D eigenvalue weighted by Gasteiger charge is 2.30. The van der Waals surface area contributed by atoms with Crippen molar-refractivity contribution in [3.8, 4) is 0 Å². The fourth-order valence-corrected chi connectivity index (χ4v) is 3.59. The molecule has 1 unspecified atom stereocenters. The van der Waals surface area contributed by atoms with Crippen LogP contribution in [-0.2, 0) is 6.42 Å². The number of nitrogens with one attached hydrogen (secondary N) is 1. The van der Waals surface area contributed by atoms with E-state index in [2.05, 4.69) is 42.9 Å². The first-order chi connectivity index (χ1) is 9.92. The Kier molecular flexibility index (Phi) is 5.38. The van der Waals surface area contributed by atoms with E-state index < -0.39 is 0 Å². The second-order valence-corrected chi connectivity index (χ2v) is 7.78. The molecule has 1 aromatic rings. The summed E-state index contributed by atoms with van der Waals surface area (Å²) in [6, 6.07) is 0. The largest absolute Gasteiger partial charge is 0.349 e. The van der Waals surface area contributed by atoms with E-state index in [1.54, 1.807) is 6.20 Å². The van der Waals surface area contributed by atoms with Gasteiger partial charge in [0.1, 0.15) is 4.88 Å². The van der Waals surface area contributed by atoms with E-state index in [0.717, 1.165) is 35.3 Å². The van der Waals surface area contributed by atoms with Gasteiger partial charge in [0.2, 0.25) is 0 Å². The minimum Gasteiger partial charge on any atom is -0.349 e. The van der Waals surface area contributed by atoms with Crippen molar-refractivity contribution in [1.29, 1.82) is 0 Å². The summed E-state index contributed by atoms with van der Waals surface area (Å²) in [6.07, 6.45) is 5.15. The molecule has 1 atom stereocenters. The summed E-state index contributed by atoms with van der Waals surface area (Å²) in [5.41, 5.74) is 0.00259. The number of carbonyl (C=O) groups excluding carboxylic acids is 1. The molecule has 0 bridgehead atoms. The molecule has 1 fully saturated rings. The Morgan fingerprint density at radius 3 is 2.95 bits per heavy atom. The molecule has 0 saturated carbocycles. The molecular formula is C16H27N3OS. The average Bonchev–Trinajstić information content (AvgIpc) is 2.94. The van der Waals surface area contributed by atoms with Crippen LogP contribution in [-0.4, -0.2) is 41.0 Å². The monoisotopic (exact) mass is 309 g/mol. The maximum atomic E-state index is 12.2. The lowest BCUT2D eigenvalue weighted by Gasteiger charge is -2.43. The van der Waals surface area contributed by atoms with Crippen LogP contribution >= 0.6 is 11.3 Å². The fraction of sp³-hybridized carbons (Fsp3) is 0.750. The van der Waals surface area contributed by atoms with Gasteiger partial charge in [0.25, 0.3) is 5.91 Å². The molecule has 1 N–H and O–H groups in total. The summed E-state index contributed by atoms with van der Waals surface area (Å²) < 4.78 is 0. The van der Waals surface area contributed by atoms with Gasteiger partial charge in [0, 0.05) is 18.6 Å². The third kappa shape index (κ3) is 4.27. The van der Waals surface area contributed by atoms with Gasteiger partial charge in [-0.05, 0) is 45.6 Å². The maximum absolute atomic E-state index is 12.2. The third-order valence-electron chi connectivity index (χ3n) is 4.27. The zero-order valence-electron chi connectivity index (χ0n) is 13.6. The lowest BCUT2D eigenvalue weighted by atomic mass is 9.93. The number of aromatic nitrogens is 1. The molecule has 0 radical (unpaired) electrons. The fourth-order valence-electron chi connectivity index (χ4n) is 2.81. The van der Waals surface area contributed by atoms with Crippen LogP contribution in [0.4, 0.5) is 0 Å². The smallest absolute Gasteiger partial charge is 0.263 e. The van der Waals surface area contributed by atoms with Gasteiger partial charge in [-0.3, -0.25) is 9.69 Å². The van der Waals surface area contributed by atoms with Gasteiger partial charge in [-0.15, -0.1) is 11.3 Å². The SMILES string of the molecule is CCc1ncc(C(=O)NCC(C)(C)N2CCCC(C)C2)s1. The number of hydrogen-bond acceptors (Lipinski definition) is 4. The van der Waals surface area contributed by atoms with E-state index in [4.69, 9.17) is 0 Å². The normalized spacial score (nSPS) is 20.5. The number of amides is 1. The summed E-state index contributed by atoms with van der Waals surface area (Å²) in [7, 11) is 0. The molecule has 0 spiro atoms. The Bertz CT molecular complexity index is 484. The maximum Gasteiger partial charge on any atom is 0.263 e. The molecule has 1 aliphatic heterocycles. The molecule has 0 aliphatic carbocycles. The van der Waals surface area contributed by atoms with Crippen molar-refractivity contribution >= 4 is 17.2 Å². The van der Waals surface area contributed by atoms with E-state index in [1.807, 2.05) is 0 Å². The van der Waals surface area contributed by atoms with Gasteiger partial charge in [-0.2, -0.15) is 0 Å². The molecule has 1 saturated heterocycles. The molecular weight excluding hydrogens is 282 g/mol. The predicted octanol–water partition coefficient (Wildman–Crippen LogP) is 2.95. The lowest BCUT2D eigenvalue weighted by Crippen LogP contribution is -2.54. The van der Waals surface area contributed by atoms with Crippen molar-refractivity contribution in [3.63, 3.8) is 0 Å². The van der Waals surface area contributed by atoms with Crippen molar-refractivity contribution in [2.24, 2.45) is 5.92 Å². The highest BCUT2D eigenvalue weighted by atomic mass is 32.1. The molecule has 21 heavy (non-hydrogen) atoms. The topological polar surface area (TPSA) is 45.2 Å². The highest BCUT2D eigenvalue weighted by Crippen LogP contribution is 2.23. The number of hydrogen-bond donors (Lipinski definition) is 1. The third-order valence-corrected chi connectivity index (χ3v) is 5.41. The van der Waals surface area contributed by atoms with Crippen molar-refractivity contribution in [2.75, 3.05) is 19.6 Å². The van der Waals surface area contributed by atoms with Crippen LogP contribution in [0.15, 0.2) is 6.20 Å². The van der Waals surface area contributed by atoms with Crippen LogP contribution in [0.5, 0.6) is 0 Å². The Labute approximate surface area is 132 Å². The van der Waals surface area contributed by atoms with Gasteiger partial charge in [-0.25, -0.2) is 4.98 Å². The predicted molar refractivity (Wildman–Crippen MR) is 87.9 cm³/mol. The Hall–Kier alpha value is -0.940. The zero-order valence-corrected chi connectivity index (χ0v) is 14.4. The first kappa shape index (κ1) is 16.4. The number of likely N-dealkylation sites (tertiary alicyclic amines) is 1. The van der Waals surface area contributed by atoms with Gasteiger partial charge in [0.05, 0.1) is 11.2 Å². The molecule has 1 aliphatic rings. The summed E-state index contributed by atoms with van der Waals surface area (Å²) in [5, 5.41) is 4.10. The van der Waals surface area contributed by atoms with E-state index in [9.17, 15) is 4.79 Å². The molecule has 2 heterocycles. The van der Waals surface area contributed by atoms with E-state index >= 15 is 0 Å². The summed E-state index contributed by atoms with van der Waals surface area (Å²) in [5.74, 6) is 0.757. The van der Waals surface area contributed by atoms with Crippen LogP contribution in [0.25, 0.3) is 0 Å². The zero-order chi connectivity index (χ0) is 15.5. The van der Waals surface area contributed by atoms with Crippen LogP contribution in [0, 0.1) is 5.92 Å². The number of nitrogens with zero attached hydrogens (tertiary/aromatic N) is 2. The first-order valence-corrected chi connectivity index (χ1v) is 8.72. The van der Waals surface area contributed by atoms with Crippen molar-refractivity contribution in [3.05, 3.63) is 16.1 Å². The molecule has 0 aromatic carbocycles. The number of aryl methyl sites for hydroxylation is 1. The number of thiazole rings is 1. The number of piperidine rings is 1. The van der Waals surface area contributed by atoms with Gasteiger partial charge in [-0.1, -0.05) is 13.8 Å². The van der Waals surface area contributed by atoms with Gasteiger partial charge in [0.15, 0.2) is 0 Å². The molecule has 5 heteroatoms. The highest BCUT2D eigenvalue weighted by molar-refractivity contribution is 7.13. The Morgan fingerprint density at radius 1 is 1.57 bits per heavy atom. The average molecular weight is 309 g/mol. The molecule has 4 nitrogen and oxygen atoms in total. The molecule has 1 aromatic heterocycles. The van der Waals surface area contributed by atoms with Gasteiger partial charge < -0.3 is 5.32 Å². The van der Waals surface area contributed by atoms with Crippen LogP contribution in [0.2, 0.25) is 0 Å². The number of rotatable bonds is 5. The quantitative estimate of drug-likeness (QED) is 0.909. The van der Waals surface area contributed by atoms with Crippen LogP contribution < -0.4 is 5.32 Å². The van der Waals surface area contributed by atoms with E-state index in [0.29, 0.717) is 6.54 Å². The van der Waals surface area contributed by atoms with E-state index in [1.165, 1.54) is 24.2 Å². The van der Waals surface area contributed by atoms with Gasteiger partial charge >= 0.3 is 0 Å². The minimum atomic E-state index is 0.00259. The first-order valence-electron chi connectivity index (χ1n) is 7.90. The molecule has 118 valence electrons. The molecule has 1 amide bonds. The van der Waals surface area contributed by atoms with Crippen molar-refractivity contribution in [1.82, 2.24) is 15.2 Å². The number of carbonyl (C=O) groups is 1. The second kappa shape index (κ2) is 6.88. The Morgan fingerprint density at radius 2 is 2.33 bits per heavy atom. The van der Waals surface area contributed by atoms with Crippen molar-refractivity contribution < 1.29 is 4.79 Å². The molecule has 2 rings (SSSR count). The standard InChI is InChI=1S/C16H27N3OS/c1-5-14-17-9-13(21-14)15(20)18-11-16(3,4)19-8-6-7-12(2)10-19/h9,12H,5-8,10-11H2,1-4H3,(H,18,20). The minimum absolute atomic E-state index is 0.00259. The summed E-state index contributed by atoms with van der Waals surface area (Å²) in [6.45, 7) is 11.7. The second-order valence-electron chi connectivity index (χ2n) is 6.66. The van der Waals surface area contributed by atoms with E-state index in [-0.39, 0.29) is 11.4 Å². The van der Waals surface area contributed by atoms with Crippen molar-refractivity contribution in [2.45, 2.75) is 52.5 Å². The summed E-state index contributed by atoms with van der Waals surface area (Å²) in [4.78, 5) is 19.7. The summed E-state index contributed by atoms with van der Waals surface area (Å²) >= 11 is 1.49. The van der Waals surface area contributed by atoms with Crippen LogP contribution in [0.3, 0.4) is 0 Å². The Balaban J connectivity index is 1.89. The van der Waals surface area contributed by atoms with Crippen LogP contribution in [0.1, 0.15) is 55.2 Å².